The zero-order valence-electron chi connectivity index (χ0n) is 8.84. The fourth-order valence-corrected chi connectivity index (χ4v) is 2.04. The van der Waals surface area contributed by atoms with Gasteiger partial charge in [-0.15, -0.1) is 0 Å². The lowest BCUT2D eigenvalue weighted by Gasteiger charge is -2.05. The van der Waals surface area contributed by atoms with Crippen LogP contribution in [-0.2, 0) is 19.6 Å². The van der Waals surface area contributed by atoms with Gasteiger partial charge in [0.2, 0.25) is 10.0 Å². The number of sulfonamides is 1. The number of carbonyl (C=O) groups is 1. The van der Waals surface area contributed by atoms with Crippen molar-refractivity contribution in [2.45, 2.75) is 11.8 Å². The summed E-state index contributed by atoms with van der Waals surface area (Å²) in [6, 6.07) is 7.84. The Balaban J connectivity index is 2.64. The number of hydrogen-bond acceptors (Lipinski definition) is 4. The normalized spacial score (nSPS) is 11.1. The first-order valence-electron chi connectivity index (χ1n) is 4.76. The van der Waals surface area contributed by atoms with Gasteiger partial charge in [-0.2, -0.15) is 4.72 Å². The minimum atomic E-state index is -3.62. The van der Waals surface area contributed by atoms with Crippen LogP contribution in [0.3, 0.4) is 0 Å². The second kappa shape index (κ2) is 5.62. The Bertz CT molecular complexity index is 441. The molecule has 0 amide bonds. The van der Waals surface area contributed by atoms with Crippen molar-refractivity contribution < 1.29 is 17.9 Å². The predicted octanol–water partition coefficient (Wildman–Crippen LogP) is 0.528. The molecule has 0 unspecified atom stereocenters. The van der Waals surface area contributed by atoms with Crippen LogP contribution >= 0.6 is 0 Å². The molecule has 0 radical (unpaired) electrons. The molecule has 1 aromatic rings. The molecule has 1 aromatic carbocycles. The number of nitrogens with one attached hydrogen (secondary N) is 1. The van der Waals surface area contributed by atoms with Crippen LogP contribution < -0.4 is 4.72 Å². The first-order valence-corrected chi connectivity index (χ1v) is 6.25. The molecule has 0 aliphatic heterocycles. The van der Waals surface area contributed by atoms with E-state index in [2.05, 4.69) is 9.46 Å². The van der Waals surface area contributed by atoms with Crippen LogP contribution in [0, 0.1) is 0 Å². The average Bonchev–Trinajstić information content (AvgIpc) is 2.28. The smallest absolute Gasteiger partial charge is 0.321 e. The summed E-state index contributed by atoms with van der Waals surface area (Å²) in [5, 5.41) is 0. The molecule has 0 aliphatic carbocycles. The van der Waals surface area contributed by atoms with E-state index in [4.69, 9.17) is 0 Å². The summed E-state index contributed by atoms with van der Waals surface area (Å²) >= 11 is 0. The third-order valence-corrected chi connectivity index (χ3v) is 3.18. The number of hydrogen-bond donors (Lipinski definition) is 1. The van der Waals surface area contributed by atoms with Crippen LogP contribution in [0.5, 0.6) is 0 Å². The summed E-state index contributed by atoms with van der Waals surface area (Å²) in [7, 11) is -3.62. The minimum absolute atomic E-state index is 0.124. The Morgan fingerprint density at radius 3 is 2.50 bits per heavy atom. The number of esters is 1. The van der Waals surface area contributed by atoms with Crippen molar-refractivity contribution in [3.63, 3.8) is 0 Å². The van der Waals surface area contributed by atoms with Gasteiger partial charge in [-0.1, -0.05) is 18.2 Å². The molecule has 88 valence electrons. The summed E-state index contributed by atoms with van der Waals surface area (Å²) in [5.41, 5.74) is 0. The van der Waals surface area contributed by atoms with E-state index in [9.17, 15) is 13.2 Å². The first kappa shape index (κ1) is 12.7. The van der Waals surface area contributed by atoms with Crippen LogP contribution in [0.15, 0.2) is 35.2 Å². The predicted molar refractivity (Wildman–Crippen MR) is 58.3 cm³/mol. The maximum absolute atomic E-state index is 11.6. The lowest BCUT2D eigenvalue weighted by molar-refractivity contribution is -0.141. The van der Waals surface area contributed by atoms with Crippen molar-refractivity contribution >= 4 is 16.0 Å². The van der Waals surface area contributed by atoms with Crippen molar-refractivity contribution in [2.75, 3.05) is 13.2 Å². The lowest BCUT2D eigenvalue weighted by atomic mass is 10.4. The van der Waals surface area contributed by atoms with Gasteiger partial charge in [0, 0.05) is 0 Å². The Kier molecular flexibility index (Phi) is 4.45. The fraction of sp³-hybridized carbons (Fsp3) is 0.300. The SMILES string of the molecule is CCOC(=O)CNS(=O)(=O)c1ccccc1. The Labute approximate surface area is 94.5 Å². The molecule has 0 aromatic heterocycles. The van der Waals surface area contributed by atoms with Crippen LogP contribution in [0.4, 0.5) is 0 Å². The Morgan fingerprint density at radius 2 is 1.94 bits per heavy atom. The average molecular weight is 243 g/mol. The van der Waals surface area contributed by atoms with E-state index >= 15 is 0 Å². The molecule has 0 fully saturated rings. The van der Waals surface area contributed by atoms with Gasteiger partial charge in [0.05, 0.1) is 11.5 Å². The highest BCUT2D eigenvalue weighted by Gasteiger charge is 2.14. The number of benzene rings is 1. The third-order valence-electron chi connectivity index (χ3n) is 1.77. The van der Waals surface area contributed by atoms with Crippen LogP contribution in [0.25, 0.3) is 0 Å². The van der Waals surface area contributed by atoms with Gasteiger partial charge < -0.3 is 4.74 Å². The fourth-order valence-electron chi connectivity index (χ4n) is 1.05. The summed E-state index contributed by atoms with van der Waals surface area (Å²) in [4.78, 5) is 11.1. The third kappa shape index (κ3) is 3.63. The lowest BCUT2D eigenvalue weighted by Crippen LogP contribution is -2.30. The second-order valence-corrected chi connectivity index (χ2v) is 4.71. The molecule has 1 rings (SSSR count). The van der Waals surface area contributed by atoms with Gasteiger partial charge in [-0.25, -0.2) is 8.42 Å². The topological polar surface area (TPSA) is 72.5 Å². The van der Waals surface area contributed by atoms with Crippen LogP contribution in [-0.4, -0.2) is 27.5 Å². The zero-order valence-corrected chi connectivity index (χ0v) is 9.66. The number of ether oxygens (including phenoxy) is 1. The molecule has 1 N–H and O–H groups in total. The molecule has 0 atom stereocenters. The van der Waals surface area contributed by atoms with Crippen LogP contribution in [0.1, 0.15) is 6.92 Å². The molecular weight excluding hydrogens is 230 g/mol. The van der Waals surface area contributed by atoms with Crippen molar-refractivity contribution in [3.05, 3.63) is 30.3 Å². The molecule has 16 heavy (non-hydrogen) atoms. The van der Waals surface area contributed by atoms with E-state index in [0.717, 1.165) is 0 Å². The molecule has 5 nitrogen and oxygen atoms in total. The monoisotopic (exact) mass is 243 g/mol. The second-order valence-electron chi connectivity index (χ2n) is 2.94. The highest BCUT2D eigenvalue weighted by atomic mass is 32.2. The van der Waals surface area contributed by atoms with E-state index in [1.165, 1.54) is 12.1 Å². The molecule has 0 bridgehead atoms. The molecule has 0 aliphatic rings. The van der Waals surface area contributed by atoms with E-state index in [1.807, 2.05) is 0 Å². The summed E-state index contributed by atoms with van der Waals surface area (Å²) < 4.78 is 30.0. The first-order chi connectivity index (χ1) is 7.56. The van der Waals surface area contributed by atoms with Gasteiger partial charge in [-0.3, -0.25) is 4.79 Å². The van der Waals surface area contributed by atoms with E-state index in [0.29, 0.717) is 0 Å². The maximum Gasteiger partial charge on any atom is 0.321 e. The quantitative estimate of drug-likeness (QED) is 0.766. The molecule has 0 heterocycles. The highest BCUT2D eigenvalue weighted by molar-refractivity contribution is 7.89. The van der Waals surface area contributed by atoms with Crippen molar-refractivity contribution in [1.82, 2.24) is 4.72 Å². The molecular formula is C10H13NO4S. The van der Waals surface area contributed by atoms with Gasteiger partial charge in [0.1, 0.15) is 6.54 Å². The summed E-state index contributed by atoms with van der Waals surface area (Å²) in [6.07, 6.45) is 0. The van der Waals surface area contributed by atoms with Crippen LogP contribution in [0.2, 0.25) is 0 Å². The van der Waals surface area contributed by atoms with Gasteiger partial charge in [0.15, 0.2) is 0 Å². The van der Waals surface area contributed by atoms with E-state index < -0.39 is 16.0 Å². The van der Waals surface area contributed by atoms with Crippen molar-refractivity contribution in [1.29, 1.82) is 0 Å². The Morgan fingerprint density at radius 1 is 1.31 bits per heavy atom. The summed E-state index contributed by atoms with van der Waals surface area (Å²) in [5.74, 6) is -0.595. The Hall–Kier alpha value is -1.40. The number of carbonyl (C=O) groups excluding carboxylic acids is 1. The van der Waals surface area contributed by atoms with E-state index in [-0.39, 0.29) is 18.0 Å². The molecule has 6 heteroatoms. The van der Waals surface area contributed by atoms with Gasteiger partial charge in [-0.05, 0) is 19.1 Å². The molecule has 0 saturated carbocycles. The van der Waals surface area contributed by atoms with Crippen molar-refractivity contribution in [2.24, 2.45) is 0 Å². The minimum Gasteiger partial charge on any atom is -0.465 e. The van der Waals surface area contributed by atoms with E-state index in [1.54, 1.807) is 25.1 Å². The molecule has 0 spiro atoms. The van der Waals surface area contributed by atoms with Gasteiger partial charge >= 0.3 is 5.97 Å². The standard InChI is InChI=1S/C10H13NO4S/c1-2-15-10(12)8-11-16(13,14)9-6-4-3-5-7-9/h3-7,11H,2,8H2,1H3. The van der Waals surface area contributed by atoms with Crippen molar-refractivity contribution in [3.8, 4) is 0 Å². The highest BCUT2D eigenvalue weighted by Crippen LogP contribution is 2.06. The molecule has 0 saturated heterocycles. The number of rotatable bonds is 5. The largest absolute Gasteiger partial charge is 0.465 e. The zero-order chi connectivity index (χ0) is 12.0. The maximum atomic E-state index is 11.6. The summed E-state index contributed by atoms with van der Waals surface area (Å²) in [6.45, 7) is 1.53. The van der Waals surface area contributed by atoms with Gasteiger partial charge in [0.25, 0.3) is 0 Å².